The molecule has 0 radical (unpaired) electrons. The minimum Gasteiger partial charge on any atom is -0.491 e. The molecule has 2 heterocycles. The van der Waals surface area contributed by atoms with Crippen LogP contribution in [-0.4, -0.2) is 33.3 Å². The summed E-state index contributed by atoms with van der Waals surface area (Å²) < 4.78 is 7.66. The van der Waals surface area contributed by atoms with Gasteiger partial charge >= 0.3 is 0 Å². The molecule has 0 aliphatic heterocycles. The number of rotatable bonds is 7. The van der Waals surface area contributed by atoms with Crippen LogP contribution in [0.3, 0.4) is 0 Å². The van der Waals surface area contributed by atoms with Crippen LogP contribution in [0.2, 0.25) is 5.02 Å². The molecule has 1 amide bonds. The average molecular weight is 414 g/mol. The van der Waals surface area contributed by atoms with Crippen LogP contribution in [0.5, 0.6) is 5.75 Å². The lowest BCUT2D eigenvalue weighted by atomic mass is 10.1. The number of pyridine rings is 1. The van der Waals surface area contributed by atoms with Crippen molar-refractivity contribution in [2.24, 2.45) is 18.7 Å². The molecule has 3 aromatic rings. The molecule has 0 fully saturated rings. The maximum atomic E-state index is 12.5. The minimum absolute atomic E-state index is 0.102. The zero-order valence-electron chi connectivity index (χ0n) is 16.6. The van der Waals surface area contributed by atoms with E-state index in [1.165, 1.54) is 6.20 Å². The lowest BCUT2D eigenvalue weighted by Gasteiger charge is -2.19. The Labute approximate surface area is 174 Å². The Morgan fingerprint density at radius 1 is 1.31 bits per heavy atom. The summed E-state index contributed by atoms with van der Waals surface area (Å²) in [6.45, 7) is 4.45. The van der Waals surface area contributed by atoms with Crippen LogP contribution in [0.4, 0.5) is 5.69 Å². The molecule has 0 bridgehead atoms. The zero-order valence-corrected chi connectivity index (χ0v) is 17.3. The number of hydrogen-bond donors (Lipinski definition) is 2. The molecule has 2 aromatic heterocycles. The van der Waals surface area contributed by atoms with Crippen molar-refractivity contribution in [3.05, 3.63) is 59.5 Å². The van der Waals surface area contributed by atoms with Gasteiger partial charge in [0.1, 0.15) is 12.4 Å². The number of hydrogen-bond acceptors (Lipinski definition) is 5. The van der Waals surface area contributed by atoms with Crippen molar-refractivity contribution in [3.63, 3.8) is 0 Å². The Kier molecular flexibility index (Phi) is 6.51. The predicted molar refractivity (Wildman–Crippen MR) is 114 cm³/mol. The third kappa shape index (κ3) is 4.93. The van der Waals surface area contributed by atoms with Crippen molar-refractivity contribution >= 4 is 23.2 Å². The summed E-state index contributed by atoms with van der Waals surface area (Å²) in [5.41, 5.74) is 8.60. The quantitative estimate of drug-likeness (QED) is 0.615. The van der Waals surface area contributed by atoms with Crippen molar-refractivity contribution in [2.75, 3.05) is 11.9 Å². The van der Waals surface area contributed by atoms with Gasteiger partial charge in [0.25, 0.3) is 5.91 Å². The largest absolute Gasteiger partial charge is 0.491 e. The maximum absolute atomic E-state index is 12.5. The molecule has 0 unspecified atom stereocenters. The summed E-state index contributed by atoms with van der Waals surface area (Å²) in [4.78, 5) is 16.5. The molecule has 1 aromatic carbocycles. The topological polar surface area (TPSA) is 95.1 Å². The third-order valence-corrected chi connectivity index (χ3v) is 4.87. The van der Waals surface area contributed by atoms with Crippen molar-refractivity contribution < 1.29 is 9.53 Å². The van der Waals surface area contributed by atoms with Gasteiger partial charge in [-0.25, -0.2) is 0 Å². The number of amides is 1. The Hall–Kier alpha value is -2.90. The average Bonchev–Trinajstić information content (AvgIpc) is 3.05. The van der Waals surface area contributed by atoms with E-state index in [9.17, 15) is 4.79 Å². The molecule has 0 saturated carbocycles. The third-order valence-electron chi connectivity index (χ3n) is 4.60. The van der Waals surface area contributed by atoms with E-state index >= 15 is 0 Å². The number of aryl methyl sites for hydroxylation is 1. The van der Waals surface area contributed by atoms with Gasteiger partial charge in [-0.15, -0.1) is 0 Å². The van der Waals surface area contributed by atoms with Crippen LogP contribution in [0, 0.1) is 5.92 Å². The SMILES string of the molecule is CC(C)[C@H](N)COc1ccc(NC(=O)c2cccnc2)cc1-c1c(Cl)cnn1C. The minimum atomic E-state index is -0.254. The Bertz CT molecular complexity index is 968. The van der Waals surface area contributed by atoms with Crippen molar-refractivity contribution in [2.45, 2.75) is 19.9 Å². The molecule has 3 rings (SSSR count). The molecule has 7 nitrogen and oxygen atoms in total. The van der Waals surface area contributed by atoms with Crippen LogP contribution in [0.1, 0.15) is 24.2 Å². The van der Waals surface area contributed by atoms with Gasteiger partial charge in [-0.05, 0) is 36.2 Å². The van der Waals surface area contributed by atoms with E-state index in [-0.39, 0.29) is 17.9 Å². The van der Waals surface area contributed by atoms with Crippen LogP contribution in [0.25, 0.3) is 11.3 Å². The molecule has 0 spiro atoms. The van der Waals surface area contributed by atoms with Crippen LogP contribution < -0.4 is 15.8 Å². The van der Waals surface area contributed by atoms with Gasteiger partial charge in [0.05, 0.1) is 22.5 Å². The lowest BCUT2D eigenvalue weighted by Crippen LogP contribution is -2.33. The molecular weight excluding hydrogens is 390 g/mol. The van der Waals surface area contributed by atoms with Crippen LogP contribution in [-0.2, 0) is 7.05 Å². The maximum Gasteiger partial charge on any atom is 0.257 e. The van der Waals surface area contributed by atoms with E-state index in [2.05, 4.69) is 15.4 Å². The first-order valence-corrected chi connectivity index (χ1v) is 9.66. The monoisotopic (exact) mass is 413 g/mol. The van der Waals surface area contributed by atoms with E-state index < -0.39 is 0 Å². The van der Waals surface area contributed by atoms with Gasteiger partial charge in [0.2, 0.25) is 0 Å². The first-order chi connectivity index (χ1) is 13.9. The fourth-order valence-corrected chi connectivity index (χ4v) is 2.98. The number of nitrogens with two attached hydrogens (primary N) is 1. The van der Waals surface area contributed by atoms with E-state index in [1.54, 1.807) is 48.4 Å². The summed E-state index contributed by atoms with van der Waals surface area (Å²) in [5.74, 6) is 0.651. The summed E-state index contributed by atoms with van der Waals surface area (Å²) in [7, 11) is 1.80. The molecule has 29 heavy (non-hydrogen) atoms. The van der Waals surface area contributed by atoms with E-state index in [4.69, 9.17) is 22.1 Å². The second kappa shape index (κ2) is 9.07. The fraction of sp³-hybridized carbons (Fsp3) is 0.286. The molecule has 0 aliphatic rings. The van der Waals surface area contributed by atoms with Gasteiger partial charge in [0.15, 0.2) is 0 Å². The molecule has 8 heteroatoms. The van der Waals surface area contributed by atoms with Gasteiger partial charge in [0, 0.05) is 36.7 Å². The smallest absolute Gasteiger partial charge is 0.257 e. The summed E-state index contributed by atoms with van der Waals surface area (Å²) in [5, 5.41) is 7.57. The number of nitrogens with zero attached hydrogens (tertiary/aromatic N) is 3. The van der Waals surface area contributed by atoms with Gasteiger partial charge in [-0.3, -0.25) is 14.5 Å². The standard InChI is InChI=1S/C21H24ClN5O2/c1-13(2)18(23)12-29-19-7-6-15(26-21(28)14-5-4-8-24-10-14)9-16(19)20-17(22)11-25-27(20)3/h4-11,13,18H,12,23H2,1-3H3,(H,26,28)/t18-/m1/s1. The van der Waals surface area contributed by atoms with E-state index in [1.807, 2.05) is 19.9 Å². The Morgan fingerprint density at radius 2 is 2.10 bits per heavy atom. The lowest BCUT2D eigenvalue weighted by molar-refractivity contribution is 0.102. The predicted octanol–water partition coefficient (Wildman–Crippen LogP) is 3.75. The fourth-order valence-electron chi connectivity index (χ4n) is 2.71. The molecule has 0 saturated heterocycles. The van der Waals surface area contributed by atoms with Gasteiger partial charge in [-0.2, -0.15) is 5.10 Å². The number of carbonyl (C=O) groups is 1. The highest BCUT2D eigenvalue weighted by atomic mass is 35.5. The van der Waals surface area contributed by atoms with Gasteiger partial charge in [-0.1, -0.05) is 25.4 Å². The van der Waals surface area contributed by atoms with Crippen molar-refractivity contribution in [3.8, 4) is 17.0 Å². The first kappa shape index (κ1) is 20.8. The second-order valence-electron chi connectivity index (χ2n) is 7.09. The Balaban J connectivity index is 1.92. The highest BCUT2D eigenvalue weighted by Crippen LogP contribution is 2.36. The molecule has 152 valence electrons. The molecule has 1 atom stereocenters. The number of halogens is 1. The molecular formula is C21H24ClN5O2. The normalized spacial score (nSPS) is 12.1. The highest BCUT2D eigenvalue weighted by molar-refractivity contribution is 6.33. The molecule has 3 N–H and O–H groups in total. The zero-order chi connectivity index (χ0) is 21.0. The number of ether oxygens (including phenoxy) is 1. The van der Waals surface area contributed by atoms with Gasteiger partial charge < -0.3 is 15.8 Å². The number of nitrogens with one attached hydrogen (secondary N) is 1. The number of benzene rings is 1. The number of aromatic nitrogens is 3. The van der Waals surface area contributed by atoms with Crippen molar-refractivity contribution in [1.82, 2.24) is 14.8 Å². The summed E-state index contributed by atoms with van der Waals surface area (Å²) in [6.07, 6.45) is 4.70. The number of anilines is 1. The Morgan fingerprint density at radius 3 is 2.72 bits per heavy atom. The first-order valence-electron chi connectivity index (χ1n) is 9.28. The number of carbonyl (C=O) groups excluding carboxylic acids is 1. The molecule has 0 aliphatic carbocycles. The summed E-state index contributed by atoms with van der Waals surface area (Å²) in [6, 6.07) is 8.70. The van der Waals surface area contributed by atoms with Crippen LogP contribution >= 0.6 is 11.6 Å². The van der Waals surface area contributed by atoms with E-state index in [0.29, 0.717) is 34.3 Å². The summed E-state index contributed by atoms with van der Waals surface area (Å²) >= 11 is 6.36. The van der Waals surface area contributed by atoms with Crippen LogP contribution in [0.15, 0.2) is 48.9 Å². The second-order valence-corrected chi connectivity index (χ2v) is 7.50. The van der Waals surface area contributed by atoms with Crippen molar-refractivity contribution in [1.29, 1.82) is 0 Å². The highest BCUT2D eigenvalue weighted by Gasteiger charge is 2.18. The van der Waals surface area contributed by atoms with E-state index in [0.717, 1.165) is 5.56 Å².